The molecule has 1 aromatic heterocycles. The van der Waals surface area contributed by atoms with Gasteiger partial charge in [-0.2, -0.15) is 0 Å². The summed E-state index contributed by atoms with van der Waals surface area (Å²) in [5, 5.41) is 15.7. The molecule has 0 spiro atoms. The Morgan fingerprint density at radius 3 is 2.49 bits per heavy atom. The van der Waals surface area contributed by atoms with Crippen LogP contribution in [0.3, 0.4) is 0 Å². The zero-order valence-corrected chi connectivity index (χ0v) is 21.3. The van der Waals surface area contributed by atoms with E-state index in [1.807, 2.05) is 79.0 Å². The summed E-state index contributed by atoms with van der Waals surface area (Å²) in [6.07, 6.45) is 0.449. The van der Waals surface area contributed by atoms with Crippen LogP contribution in [0.5, 0.6) is 0 Å². The van der Waals surface area contributed by atoms with Gasteiger partial charge in [0, 0.05) is 19.6 Å². The summed E-state index contributed by atoms with van der Waals surface area (Å²) in [6.45, 7) is 4.26. The predicted molar refractivity (Wildman–Crippen MR) is 141 cm³/mol. The first-order valence-electron chi connectivity index (χ1n) is 11.7. The van der Waals surface area contributed by atoms with Crippen molar-refractivity contribution in [1.82, 2.24) is 10.2 Å². The highest BCUT2D eigenvalue weighted by atomic mass is 32.2. The van der Waals surface area contributed by atoms with E-state index < -0.39 is 11.3 Å². The van der Waals surface area contributed by atoms with Crippen LogP contribution in [0, 0.1) is 0 Å². The average molecular weight is 514 g/mol. The third kappa shape index (κ3) is 6.77. The lowest BCUT2D eigenvalue weighted by atomic mass is 9.97. The van der Waals surface area contributed by atoms with Gasteiger partial charge in [-0.3, -0.25) is 18.6 Å². The summed E-state index contributed by atoms with van der Waals surface area (Å²) in [7, 11) is 0. The smallest absolute Gasteiger partial charge is 0.262 e. The van der Waals surface area contributed by atoms with Crippen LogP contribution >= 0.6 is 11.3 Å². The SMILES string of the molecule is CC(C(=O)NC(CN1CCC(O)C1)c1ccccc1)c1ccc(CN(c2cccs2)S(=O)O)cc1. The number of nitrogens with one attached hydrogen (secondary N) is 1. The maximum atomic E-state index is 13.2. The molecule has 9 heteroatoms. The largest absolute Gasteiger partial charge is 0.392 e. The first-order chi connectivity index (χ1) is 16.9. The molecule has 1 amide bonds. The molecular formula is C26H31N3O4S2. The van der Waals surface area contributed by atoms with Crippen molar-refractivity contribution >= 4 is 33.5 Å². The zero-order valence-electron chi connectivity index (χ0n) is 19.6. The zero-order chi connectivity index (χ0) is 24.8. The number of rotatable bonds is 10. The van der Waals surface area contributed by atoms with Gasteiger partial charge in [0.05, 0.1) is 24.6 Å². The maximum Gasteiger partial charge on any atom is 0.262 e. The summed E-state index contributed by atoms with van der Waals surface area (Å²) in [5.41, 5.74) is 2.80. The number of anilines is 1. The molecule has 4 unspecified atom stereocenters. The summed E-state index contributed by atoms with van der Waals surface area (Å²) in [5.74, 6) is -0.428. The van der Waals surface area contributed by atoms with Gasteiger partial charge in [-0.25, -0.2) is 4.21 Å². The molecule has 1 aliphatic rings. The topological polar surface area (TPSA) is 93.1 Å². The van der Waals surface area contributed by atoms with E-state index in [1.165, 1.54) is 15.6 Å². The van der Waals surface area contributed by atoms with Crippen LogP contribution in [-0.2, 0) is 22.6 Å². The summed E-state index contributed by atoms with van der Waals surface area (Å²) in [4.78, 5) is 15.4. The van der Waals surface area contributed by atoms with Gasteiger partial charge in [0.2, 0.25) is 5.91 Å². The molecule has 1 fully saturated rings. The van der Waals surface area contributed by atoms with E-state index in [1.54, 1.807) is 0 Å². The Hall–Kier alpha value is -2.56. The van der Waals surface area contributed by atoms with Crippen molar-refractivity contribution in [2.45, 2.75) is 38.0 Å². The van der Waals surface area contributed by atoms with Crippen molar-refractivity contribution in [3.63, 3.8) is 0 Å². The average Bonchev–Trinajstić information content (AvgIpc) is 3.54. The second-order valence-electron chi connectivity index (χ2n) is 8.86. The fraction of sp³-hybridized carbons (Fsp3) is 0.346. The van der Waals surface area contributed by atoms with Gasteiger partial charge in [-0.15, -0.1) is 11.3 Å². The second-order valence-corrected chi connectivity index (χ2v) is 10.7. The summed E-state index contributed by atoms with van der Waals surface area (Å²) >= 11 is -0.716. The summed E-state index contributed by atoms with van der Waals surface area (Å²) < 4.78 is 22.9. The number of benzene rings is 2. The highest BCUT2D eigenvalue weighted by molar-refractivity contribution is 7.81. The number of aliphatic hydroxyl groups excluding tert-OH is 1. The number of hydrogen-bond acceptors (Lipinski definition) is 5. The standard InChI is InChI=1S/C26H31N3O4S2/c1-19(21-11-9-20(10-12-21)16-29(35(32)33)25-8-5-15-34-25)26(31)27-24(22-6-3-2-4-7-22)18-28-14-13-23(30)17-28/h2-12,15,19,23-24,30H,13-14,16-18H2,1H3,(H,27,31)(H,32,33). The number of hydrogen-bond donors (Lipinski definition) is 3. The fourth-order valence-electron chi connectivity index (χ4n) is 4.30. The highest BCUT2D eigenvalue weighted by Crippen LogP contribution is 2.26. The normalized spacial score (nSPS) is 18.7. The lowest BCUT2D eigenvalue weighted by molar-refractivity contribution is -0.123. The van der Waals surface area contributed by atoms with Crippen LogP contribution < -0.4 is 9.62 Å². The minimum atomic E-state index is -2.12. The van der Waals surface area contributed by atoms with Crippen LogP contribution in [0.25, 0.3) is 0 Å². The molecule has 0 radical (unpaired) electrons. The van der Waals surface area contributed by atoms with E-state index in [-0.39, 0.29) is 24.0 Å². The van der Waals surface area contributed by atoms with Crippen molar-refractivity contribution in [3.05, 3.63) is 88.8 Å². The van der Waals surface area contributed by atoms with Gasteiger partial charge in [0.1, 0.15) is 5.00 Å². The van der Waals surface area contributed by atoms with Crippen molar-refractivity contribution in [1.29, 1.82) is 0 Å². The molecule has 0 bridgehead atoms. The number of carbonyl (C=O) groups is 1. The highest BCUT2D eigenvalue weighted by Gasteiger charge is 2.26. The van der Waals surface area contributed by atoms with Gasteiger partial charge < -0.3 is 10.4 Å². The Morgan fingerprint density at radius 2 is 1.89 bits per heavy atom. The Labute approximate surface area is 212 Å². The molecule has 0 aliphatic carbocycles. The molecule has 3 N–H and O–H groups in total. The van der Waals surface area contributed by atoms with Crippen LogP contribution in [-0.4, -0.2) is 50.4 Å². The van der Waals surface area contributed by atoms with Gasteiger partial charge in [0.25, 0.3) is 11.3 Å². The Balaban J connectivity index is 1.42. The number of likely N-dealkylation sites (tertiary alicyclic amines) is 1. The van der Waals surface area contributed by atoms with Crippen LogP contribution in [0.1, 0.15) is 42.0 Å². The number of aliphatic hydroxyl groups is 1. The van der Waals surface area contributed by atoms with Crippen molar-refractivity contribution < 1.29 is 18.7 Å². The van der Waals surface area contributed by atoms with E-state index in [0.717, 1.165) is 34.7 Å². The monoisotopic (exact) mass is 513 g/mol. The first kappa shape index (κ1) is 25.5. The Bertz CT molecular complexity index is 1110. The quantitative estimate of drug-likeness (QED) is 0.358. The molecule has 186 valence electrons. The van der Waals surface area contributed by atoms with E-state index in [9.17, 15) is 18.7 Å². The van der Waals surface area contributed by atoms with Crippen LogP contribution in [0.4, 0.5) is 5.00 Å². The third-order valence-electron chi connectivity index (χ3n) is 6.35. The van der Waals surface area contributed by atoms with Crippen molar-refractivity contribution in [2.75, 3.05) is 23.9 Å². The molecular weight excluding hydrogens is 482 g/mol. The molecule has 7 nitrogen and oxygen atoms in total. The number of carbonyl (C=O) groups excluding carboxylic acids is 1. The maximum absolute atomic E-state index is 13.2. The number of amides is 1. The predicted octanol–water partition coefficient (Wildman–Crippen LogP) is 3.92. The van der Waals surface area contributed by atoms with Crippen LogP contribution in [0.15, 0.2) is 72.1 Å². The molecule has 1 aliphatic heterocycles. The molecule has 35 heavy (non-hydrogen) atoms. The molecule has 0 saturated carbocycles. The van der Waals surface area contributed by atoms with E-state index >= 15 is 0 Å². The number of thiophene rings is 1. The molecule has 3 aromatic rings. The van der Waals surface area contributed by atoms with Gasteiger partial charge in [-0.05, 0) is 47.5 Å². The van der Waals surface area contributed by atoms with Gasteiger partial charge in [0.15, 0.2) is 0 Å². The number of nitrogens with zero attached hydrogens (tertiary/aromatic N) is 2. The number of β-amino-alcohol motifs (C(OH)–C–C–N with tert-alkyl or cyclic N) is 1. The Kier molecular flexibility index (Phi) is 8.69. The van der Waals surface area contributed by atoms with Crippen molar-refractivity contribution in [3.8, 4) is 0 Å². The first-order valence-corrected chi connectivity index (χ1v) is 13.6. The van der Waals surface area contributed by atoms with Crippen LogP contribution in [0.2, 0.25) is 0 Å². The molecule has 1 saturated heterocycles. The Morgan fingerprint density at radius 1 is 1.14 bits per heavy atom. The molecule has 4 rings (SSSR count). The van der Waals surface area contributed by atoms with Gasteiger partial charge >= 0.3 is 0 Å². The van der Waals surface area contributed by atoms with E-state index in [4.69, 9.17) is 0 Å². The minimum absolute atomic E-state index is 0.0666. The lowest BCUT2D eigenvalue weighted by Crippen LogP contribution is -2.39. The molecule has 4 atom stereocenters. The fourth-order valence-corrected chi connectivity index (χ4v) is 5.73. The van der Waals surface area contributed by atoms with E-state index in [2.05, 4.69) is 10.2 Å². The third-order valence-corrected chi connectivity index (χ3v) is 8.06. The molecule has 2 aromatic carbocycles. The minimum Gasteiger partial charge on any atom is -0.392 e. The van der Waals surface area contributed by atoms with E-state index in [0.29, 0.717) is 19.6 Å². The molecule has 2 heterocycles. The summed E-state index contributed by atoms with van der Waals surface area (Å²) in [6, 6.07) is 21.0. The van der Waals surface area contributed by atoms with Gasteiger partial charge in [-0.1, -0.05) is 54.6 Å². The van der Waals surface area contributed by atoms with Crippen molar-refractivity contribution in [2.24, 2.45) is 0 Å². The lowest BCUT2D eigenvalue weighted by Gasteiger charge is -2.26. The second kappa shape index (κ2) is 11.9.